The minimum absolute atomic E-state index is 0.109. The highest BCUT2D eigenvalue weighted by molar-refractivity contribution is 6.07. The van der Waals surface area contributed by atoms with E-state index in [1.165, 1.54) is 32.4 Å². The summed E-state index contributed by atoms with van der Waals surface area (Å²) in [5.41, 5.74) is 6.48. The van der Waals surface area contributed by atoms with Gasteiger partial charge >= 0.3 is 0 Å². The summed E-state index contributed by atoms with van der Waals surface area (Å²) >= 11 is 0. The van der Waals surface area contributed by atoms with Crippen LogP contribution in [0.4, 0.5) is 5.69 Å². The minimum atomic E-state index is -0.703. The molecule has 2 aromatic carbocycles. The maximum Gasteiger partial charge on any atom is 0.250 e. The molecule has 0 spiro atoms. The third-order valence-electron chi connectivity index (χ3n) is 3.87. The Morgan fingerprint density at radius 1 is 1.07 bits per heavy atom. The number of primary amides is 1. The van der Waals surface area contributed by atoms with Crippen molar-refractivity contribution < 1.29 is 28.5 Å². The summed E-state index contributed by atoms with van der Waals surface area (Å²) < 4.78 is 20.9. The smallest absolute Gasteiger partial charge is 0.250 e. The first-order valence-electron chi connectivity index (χ1n) is 7.96. The molecule has 140 valence electrons. The molecule has 3 rings (SSSR count). The van der Waals surface area contributed by atoms with Gasteiger partial charge in [0, 0.05) is 12.1 Å². The predicted molar refractivity (Wildman–Crippen MR) is 98.3 cm³/mol. The Kier molecular flexibility index (Phi) is 5.16. The van der Waals surface area contributed by atoms with E-state index in [1.54, 1.807) is 24.3 Å². The molecule has 0 fully saturated rings. The molecule has 0 saturated heterocycles. The van der Waals surface area contributed by atoms with Gasteiger partial charge in [-0.1, -0.05) is 6.07 Å². The second kappa shape index (κ2) is 7.69. The second-order valence-corrected chi connectivity index (χ2v) is 5.55. The maximum atomic E-state index is 12.3. The summed E-state index contributed by atoms with van der Waals surface area (Å²) in [5, 5.41) is 2.62. The quantitative estimate of drug-likeness (QED) is 0.755. The molecule has 2 amide bonds. The molecule has 8 nitrogen and oxygen atoms in total. The van der Waals surface area contributed by atoms with Crippen molar-refractivity contribution in [1.29, 1.82) is 0 Å². The molecule has 0 unspecified atom stereocenters. The van der Waals surface area contributed by atoms with Gasteiger partial charge in [0.15, 0.2) is 23.0 Å². The highest BCUT2D eigenvalue weighted by Crippen LogP contribution is 2.34. The van der Waals surface area contributed by atoms with Gasteiger partial charge in [0.05, 0.1) is 25.5 Å². The number of rotatable bonds is 6. The van der Waals surface area contributed by atoms with Crippen molar-refractivity contribution in [2.24, 2.45) is 5.73 Å². The molecule has 1 aliphatic heterocycles. The first-order chi connectivity index (χ1) is 13.0. The number of methoxy groups -OCH3 is 2. The zero-order valence-electron chi connectivity index (χ0n) is 14.8. The Labute approximate surface area is 155 Å². The highest BCUT2D eigenvalue weighted by atomic mass is 16.7. The van der Waals surface area contributed by atoms with Crippen LogP contribution in [0.2, 0.25) is 0 Å². The molecule has 0 radical (unpaired) electrons. The van der Waals surface area contributed by atoms with Crippen LogP contribution in [0.5, 0.6) is 23.0 Å². The predicted octanol–water partition coefficient (Wildman–Crippen LogP) is 2.18. The SMILES string of the molecule is COc1cc(NC(=O)C=Cc2ccc3c(c2)OCO3)c(C(N)=O)cc1OC. The zero-order valence-corrected chi connectivity index (χ0v) is 14.8. The van der Waals surface area contributed by atoms with E-state index in [9.17, 15) is 9.59 Å². The average Bonchev–Trinajstić information content (AvgIpc) is 3.13. The molecule has 0 bridgehead atoms. The van der Waals surface area contributed by atoms with E-state index < -0.39 is 11.8 Å². The number of anilines is 1. The maximum absolute atomic E-state index is 12.3. The molecule has 0 atom stereocenters. The van der Waals surface area contributed by atoms with E-state index in [-0.39, 0.29) is 18.0 Å². The number of amides is 2. The number of hydrogen-bond donors (Lipinski definition) is 2. The Bertz CT molecular complexity index is 923. The van der Waals surface area contributed by atoms with Crippen LogP contribution in [0.3, 0.4) is 0 Å². The van der Waals surface area contributed by atoms with Crippen molar-refractivity contribution in [3.63, 3.8) is 0 Å². The standard InChI is InChI=1S/C19H18N2O6/c1-24-15-8-12(19(20)23)13(9-16(15)25-2)21-18(22)6-4-11-3-5-14-17(7-11)27-10-26-14/h3-9H,10H2,1-2H3,(H2,20,23)(H,21,22). The molecule has 0 saturated carbocycles. The molecular weight excluding hydrogens is 352 g/mol. The van der Waals surface area contributed by atoms with Crippen molar-refractivity contribution in [2.75, 3.05) is 26.3 Å². The lowest BCUT2D eigenvalue weighted by molar-refractivity contribution is -0.111. The molecule has 3 N–H and O–H groups in total. The summed E-state index contributed by atoms with van der Waals surface area (Å²) in [4.78, 5) is 24.0. The molecule has 1 heterocycles. The number of hydrogen-bond acceptors (Lipinski definition) is 6. The van der Waals surface area contributed by atoms with Gasteiger partial charge in [-0.2, -0.15) is 0 Å². The Morgan fingerprint density at radius 3 is 2.48 bits per heavy atom. The third kappa shape index (κ3) is 3.95. The molecular formula is C19H18N2O6. The number of carbonyl (C=O) groups excluding carboxylic acids is 2. The van der Waals surface area contributed by atoms with Gasteiger partial charge in [-0.05, 0) is 29.8 Å². The zero-order chi connectivity index (χ0) is 19.4. The lowest BCUT2D eigenvalue weighted by Crippen LogP contribution is -2.17. The number of fused-ring (bicyclic) bond motifs is 1. The van der Waals surface area contributed by atoms with E-state index in [2.05, 4.69) is 5.32 Å². The summed E-state index contributed by atoms with van der Waals surface area (Å²) in [6.07, 6.45) is 2.95. The highest BCUT2D eigenvalue weighted by Gasteiger charge is 2.16. The Morgan fingerprint density at radius 2 is 1.78 bits per heavy atom. The summed E-state index contributed by atoms with van der Waals surface area (Å²) in [5.74, 6) is 0.827. The van der Waals surface area contributed by atoms with E-state index >= 15 is 0 Å². The van der Waals surface area contributed by atoms with E-state index in [1.807, 2.05) is 0 Å². The molecule has 0 aliphatic carbocycles. The fourth-order valence-corrected chi connectivity index (χ4v) is 2.55. The van der Waals surface area contributed by atoms with Crippen LogP contribution in [0, 0.1) is 0 Å². The first-order valence-corrected chi connectivity index (χ1v) is 7.96. The van der Waals surface area contributed by atoms with Crippen LogP contribution < -0.4 is 30.0 Å². The van der Waals surface area contributed by atoms with Crippen molar-refractivity contribution in [1.82, 2.24) is 0 Å². The third-order valence-corrected chi connectivity index (χ3v) is 3.87. The molecule has 0 aromatic heterocycles. The lowest BCUT2D eigenvalue weighted by atomic mass is 10.1. The largest absolute Gasteiger partial charge is 0.493 e. The monoisotopic (exact) mass is 370 g/mol. The summed E-state index contributed by atoms with van der Waals surface area (Å²) in [7, 11) is 2.89. The number of nitrogens with one attached hydrogen (secondary N) is 1. The van der Waals surface area contributed by atoms with Gasteiger partial charge < -0.3 is 30.0 Å². The second-order valence-electron chi connectivity index (χ2n) is 5.55. The molecule has 2 aromatic rings. The van der Waals surface area contributed by atoms with Crippen LogP contribution in [0.25, 0.3) is 6.08 Å². The fraction of sp³-hybridized carbons (Fsp3) is 0.158. The van der Waals surface area contributed by atoms with Gasteiger partial charge in [-0.3, -0.25) is 9.59 Å². The summed E-state index contributed by atoms with van der Waals surface area (Å²) in [6.45, 7) is 0.179. The van der Waals surface area contributed by atoms with Crippen LogP contribution in [0.1, 0.15) is 15.9 Å². The van der Waals surface area contributed by atoms with Crippen molar-refractivity contribution in [3.05, 3.63) is 47.5 Å². The minimum Gasteiger partial charge on any atom is -0.493 e. The lowest BCUT2D eigenvalue weighted by Gasteiger charge is -2.13. The fourth-order valence-electron chi connectivity index (χ4n) is 2.55. The number of ether oxygens (including phenoxy) is 4. The topological polar surface area (TPSA) is 109 Å². The first kappa shape index (κ1) is 18.1. The van der Waals surface area contributed by atoms with Crippen molar-refractivity contribution in [3.8, 4) is 23.0 Å². The number of benzene rings is 2. The van der Waals surface area contributed by atoms with Gasteiger partial charge in [-0.15, -0.1) is 0 Å². The molecule has 1 aliphatic rings. The summed E-state index contributed by atoms with van der Waals surface area (Å²) in [6, 6.07) is 8.21. The Balaban J connectivity index is 1.79. The number of nitrogens with two attached hydrogens (primary N) is 1. The van der Waals surface area contributed by atoms with Gasteiger partial charge in [0.1, 0.15) is 0 Å². The van der Waals surface area contributed by atoms with E-state index in [0.717, 1.165) is 5.56 Å². The van der Waals surface area contributed by atoms with Crippen molar-refractivity contribution in [2.45, 2.75) is 0 Å². The van der Waals surface area contributed by atoms with Gasteiger partial charge in [-0.25, -0.2) is 0 Å². The van der Waals surface area contributed by atoms with Crippen LogP contribution >= 0.6 is 0 Å². The molecule has 27 heavy (non-hydrogen) atoms. The molecule has 8 heteroatoms. The average molecular weight is 370 g/mol. The normalized spacial score (nSPS) is 12.1. The Hall–Kier alpha value is -3.68. The van der Waals surface area contributed by atoms with E-state index in [0.29, 0.717) is 23.0 Å². The van der Waals surface area contributed by atoms with Crippen LogP contribution in [-0.2, 0) is 4.79 Å². The van der Waals surface area contributed by atoms with Crippen molar-refractivity contribution >= 4 is 23.6 Å². The number of carbonyl (C=O) groups is 2. The van der Waals surface area contributed by atoms with Gasteiger partial charge in [0.2, 0.25) is 12.7 Å². The van der Waals surface area contributed by atoms with E-state index in [4.69, 9.17) is 24.7 Å². The van der Waals surface area contributed by atoms with Gasteiger partial charge in [0.25, 0.3) is 5.91 Å². The van der Waals surface area contributed by atoms with Crippen LogP contribution in [0.15, 0.2) is 36.4 Å². The van der Waals surface area contributed by atoms with Crippen LogP contribution in [-0.4, -0.2) is 32.8 Å².